The number of rotatable bonds is 6. The Bertz CT molecular complexity index is 1010. The van der Waals surface area contributed by atoms with Crippen molar-refractivity contribution < 1.29 is 9.18 Å². The Morgan fingerprint density at radius 1 is 1.11 bits per heavy atom. The molecule has 2 aromatic carbocycles. The van der Waals surface area contributed by atoms with E-state index in [0.29, 0.717) is 40.8 Å². The molecule has 1 fully saturated rings. The zero-order chi connectivity index (χ0) is 19.5. The van der Waals surface area contributed by atoms with Gasteiger partial charge in [0.1, 0.15) is 11.6 Å². The summed E-state index contributed by atoms with van der Waals surface area (Å²) in [6.45, 7) is 1.05. The molecule has 1 saturated carbocycles. The monoisotopic (exact) mass is 398 g/mol. The van der Waals surface area contributed by atoms with Crippen molar-refractivity contribution in [3.8, 4) is 11.4 Å². The zero-order valence-corrected chi connectivity index (χ0v) is 16.0. The maximum atomic E-state index is 13.2. The van der Waals surface area contributed by atoms with Crippen LogP contribution in [0, 0.1) is 11.7 Å². The third-order valence-corrected chi connectivity index (χ3v) is 5.19. The minimum absolute atomic E-state index is 0.124. The predicted octanol–water partition coefficient (Wildman–Crippen LogP) is 4.42. The molecule has 0 bridgehead atoms. The summed E-state index contributed by atoms with van der Waals surface area (Å²) in [4.78, 5) is 21.1. The summed E-state index contributed by atoms with van der Waals surface area (Å²) in [5.41, 5.74) is 1.41. The molecule has 7 heteroatoms. The van der Waals surface area contributed by atoms with Gasteiger partial charge in [0, 0.05) is 35.0 Å². The molecule has 1 aliphatic rings. The Kier molecular flexibility index (Phi) is 5.39. The van der Waals surface area contributed by atoms with Gasteiger partial charge in [-0.25, -0.2) is 14.4 Å². The van der Waals surface area contributed by atoms with E-state index in [9.17, 15) is 9.18 Å². The molecule has 5 nitrogen and oxygen atoms in total. The summed E-state index contributed by atoms with van der Waals surface area (Å²) < 4.78 is 13.2. The molecular weight excluding hydrogens is 379 g/mol. The van der Waals surface area contributed by atoms with Gasteiger partial charge in [0.25, 0.3) is 0 Å². The normalized spacial score (nSPS) is 13.9. The molecule has 4 rings (SSSR count). The number of halogens is 2. The first-order valence-corrected chi connectivity index (χ1v) is 9.73. The zero-order valence-electron chi connectivity index (χ0n) is 15.2. The summed E-state index contributed by atoms with van der Waals surface area (Å²) in [7, 11) is 0. The van der Waals surface area contributed by atoms with Crippen LogP contribution in [-0.4, -0.2) is 29.0 Å². The lowest BCUT2D eigenvalue weighted by Gasteiger charge is -2.24. The molecule has 28 heavy (non-hydrogen) atoms. The van der Waals surface area contributed by atoms with Crippen LogP contribution in [0.15, 0.2) is 42.5 Å². The SMILES string of the molecule is O=C(NCCNc1nc(-c2ccc(F)cc2)nc2cc(Cl)ccc12)C1CCC1. The lowest BCUT2D eigenvalue weighted by molar-refractivity contribution is -0.127. The molecule has 0 radical (unpaired) electrons. The third-order valence-electron chi connectivity index (χ3n) is 4.95. The van der Waals surface area contributed by atoms with Crippen molar-refractivity contribution >= 4 is 34.2 Å². The molecule has 1 aromatic heterocycles. The Balaban J connectivity index is 1.55. The first-order valence-electron chi connectivity index (χ1n) is 9.35. The fourth-order valence-corrected chi connectivity index (χ4v) is 3.31. The number of hydrogen-bond donors (Lipinski definition) is 2. The number of nitrogens with one attached hydrogen (secondary N) is 2. The highest BCUT2D eigenvalue weighted by Crippen LogP contribution is 2.28. The van der Waals surface area contributed by atoms with Crippen molar-refractivity contribution in [1.29, 1.82) is 0 Å². The summed E-state index contributed by atoms with van der Waals surface area (Å²) in [5.74, 6) is 1.12. The summed E-state index contributed by atoms with van der Waals surface area (Å²) >= 11 is 6.12. The second-order valence-corrected chi connectivity index (χ2v) is 7.35. The average molecular weight is 399 g/mol. The minimum atomic E-state index is -0.312. The number of hydrogen-bond acceptors (Lipinski definition) is 4. The van der Waals surface area contributed by atoms with E-state index in [0.717, 1.165) is 24.6 Å². The molecule has 0 spiro atoms. The van der Waals surface area contributed by atoms with Crippen molar-refractivity contribution in [2.24, 2.45) is 5.92 Å². The van der Waals surface area contributed by atoms with Gasteiger partial charge in [0.15, 0.2) is 5.82 Å². The maximum Gasteiger partial charge on any atom is 0.223 e. The van der Waals surface area contributed by atoms with Crippen molar-refractivity contribution in [2.45, 2.75) is 19.3 Å². The number of aromatic nitrogens is 2. The molecule has 1 amide bonds. The number of anilines is 1. The first kappa shape index (κ1) is 18.6. The fraction of sp³-hybridized carbons (Fsp3) is 0.286. The van der Waals surface area contributed by atoms with E-state index in [1.165, 1.54) is 12.1 Å². The molecule has 1 aliphatic carbocycles. The van der Waals surface area contributed by atoms with Gasteiger partial charge < -0.3 is 10.6 Å². The second-order valence-electron chi connectivity index (χ2n) is 6.91. The lowest BCUT2D eigenvalue weighted by Crippen LogP contribution is -2.36. The Morgan fingerprint density at radius 3 is 2.61 bits per heavy atom. The molecule has 0 saturated heterocycles. The Labute approximate surface area is 167 Å². The third kappa shape index (κ3) is 4.07. The van der Waals surface area contributed by atoms with Gasteiger partial charge in [0.05, 0.1) is 5.52 Å². The van der Waals surface area contributed by atoms with E-state index in [-0.39, 0.29) is 17.6 Å². The minimum Gasteiger partial charge on any atom is -0.368 e. The van der Waals surface area contributed by atoms with Crippen LogP contribution in [0.4, 0.5) is 10.2 Å². The van der Waals surface area contributed by atoms with E-state index in [1.54, 1.807) is 24.3 Å². The Hall–Kier alpha value is -2.73. The van der Waals surface area contributed by atoms with Gasteiger partial charge >= 0.3 is 0 Å². The highest BCUT2D eigenvalue weighted by atomic mass is 35.5. The van der Waals surface area contributed by atoms with Crippen LogP contribution >= 0.6 is 11.6 Å². The second kappa shape index (κ2) is 8.10. The molecule has 1 heterocycles. The van der Waals surface area contributed by atoms with Gasteiger partial charge in [-0.2, -0.15) is 0 Å². The van der Waals surface area contributed by atoms with Crippen molar-refractivity contribution in [3.05, 3.63) is 53.3 Å². The van der Waals surface area contributed by atoms with Gasteiger partial charge in [-0.05, 0) is 55.3 Å². The number of carbonyl (C=O) groups excluding carboxylic acids is 1. The number of fused-ring (bicyclic) bond motifs is 1. The quantitative estimate of drug-likeness (QED) is 0.603. The van der Waals surface area contributed by atoms with E-state index in [1.807, 2.05) is 6.07 Å². The molecule has 0 atom stereocenters. The number of nitrogens with zero attached hydrogens (tertiary/aromatic N) is 2. The van der Waals surface area contributed by atoms with E-state index >= 15 is 0 Å². The highest BCUT2D eigenvalue weighted by Gasteiger charge is 2.24. The van der Waals surface area contributed by atoms with E-state index in [2.05, 4.69) is 20.6 Å². The van der Waals surface area contributed by atoms with Crippen LogP contribution in [0.1, 0.15) is 19.3 Å². The van der Waals surface area contributed by atoms with Crippen LogP contribution in [0.5, 0.6) is 0 Å². The molecule has 0 unspecified atom stereocenters. The average Bonchev–Trinajstić information content (AvgIpc) is 2.63. The highest BCUT2D eigenvalue weighted by molar-refractivity contribution is 6.31. The molecule has 3 aromatic rings. The first-order chi connectivity index (χ1) is 13.6. The number of benzene rings is 2. The van der Waals surface area contributed by atoms with Crippen molar-refractivity contribution in [3.63, 3.8) is 0 Å². The predicted molar refractivity (Wildman–Crippen MR) is 109 cm³/mol. The van der Waals surface area contributed by atoms with Crippen molar-refractivity contribution in [1.82, 2.24) is 15.3 Å². The van der Waals surface area contributed by atoms with E-state index < -0.39 is 0 Å². The molecule has 0 aliphatic heterocycles. The fourth-order valence-electron chi connectivity index (χ4n) is 3.15. The lowest BCUT2D eigenvalue weighted by atomic mass is 9.85. The molecule has 144 valence electrons. The summed E-state index contributed by atoms with van der Waals surface area (Å²) in [5, 5.41) is 7.65. The maximum absolute atomic E-state index is 13.2. The van der Waals surface area contributed by atoms with Gasteiger partial charge in [-0.1, -0.05) is 18.0 Å². The van der Waals surface area contributed by atoms with Gasteiger partial charge in [-0.3, -0.25) is 4.79 Å². The van der Waals surface area contributed by atoms with Crippen LogP contribution < -0.4 is 10.6 Å². The smallest absolute Gasteiger partial charge is 0.223 e. The molecule has 2 N–H and O–H groups in total. The largest absolute Gasteiger partial charge is 0.368 e. The topological polar surface area (TPSA) is 66.9 Å². The number of carbonyl (C=O) groups is 1. The molecular formula is C21H20ClFN4O. The van der Waals surface area contributed by atoms with Crippen LogP contribution in [-0.2, 0) is 4.79 Å². The summed E-state index contributed by atoms with van der Waals surface area (Å²) in [6.07, 6.45) is 3.10. The Morgan fingerprint density at radius 2 is 1.89 bits per heavy atom. The van der Waals surface area contributed by atoms with E-state index in [4.69, 9.17) is 11.6 Å². The summed E-state index contributed by atoms with van der Waals surface area (Å²) in [6, 6.07) is 11.5. The standard InChI is InChI=1S/C21H20ClFN4O/c22-15-6-9-17-18(12-15)26-19(13-4-7-16(23)8-5-13)27-20(17)24-10-11-25-21(28)14-2-1-3-14/h4-9,12,14H,1-3,10-11H2,(H,25,28)(H,24,26,27). The van der Waals surface area contributed by atoms with Gasteiger partial charge in [0.2, 0.25) is 5.91 Å². The van der Waals surface area contributed by atoms with Crippen LogP contribution in [0.2, 0.25) is 5.02 Å². The number of amides is 1. The van der Waals surface area contributed by atoms with Crippen LogP contribution in [0.25, 0.3) is 22.3 Å². The van der Waals surface area contributed by atoms with Crippen LogP contribution in [0.3, 0.4) is 0 Å². The van der Waals surface area contributed by atoms with Gasteiger partial charge in [-0.15, -0.1) is 0 Å². The van der Waals surface area contributed by atoms with Crippen molar-refractivity contribution in [2.75, 3.05) is 18.4 Å².